The first kappa shape index (κ1) is 18.5. The molecule has 3 N–H and O–H groups in total. The van der Waals surface area contributed by atoms with Crippen LogP contribution >= 0.6 is 11.6 Å². The first-order valence-corrected chi connectivity index (χ1v) is 7.71. The molecule has 132 valence electrons. The average molecular weight is 366 g/mol. The minimum atomic E-state index is -0.540. The molecular formula is C17H17ClFN3O3. The van der Waals surface area contributed by atoms with E-state index in [0.29, 0.717) is 22.1 Å². The van der Waals surface area contributed by atoms with E-state index < -0.39 is 11.7 Å². The van der Waals surface area contributed by atoms with Gasteiger partial charge in [-0.15, -0.1) is 0 Å². The third-order valence-electron chi connectivity index (χ3n) is 3.16. The summed E-state index contributed by atoms with van der Waals surface area (Å²) in [5.74, 6) is -0.771. The number of ether oxygens (including phenoxy) is 1. The van der Waals surface area contributed by atoms with E-state index in [1.165, 1.54) is 32.2 Å². The van der Waals surface area contributed by atoms with Crippen molar-refractivity contribution in [3.8, 4) is 5.75 Å². The van der Waals surface area contributed by atoms with Crippen LogP contribution in [0.25, 0.3) is 0 Å². The van der Waals surface area contributed by atoms with Gasteiger partial charge in [0.1, 0.15) is 11.6 Å². The number of anilines is 3. The van der Waals surface area contributed by atoms with Gasteiger partial charge in [0.2, 0.25) is 11.8 Å². The second-order valence-corrected chi connectivity index (χ2v) is 5.56. The fourth-order valence-corrected chi connectivity index (χ4v) is 2.26. The molecule has 0 spiro atoms. The van der Waals surface area contributed by atoms with Gasteiger partial charge < -0.3 is 20.7 Å². The van der Waals surface area contributed by atoms with Crippen LogP contribution in [0.5, 0.6) is 5.75 Å². The number of methoxy groups -OCH3 is 1. The zero-order valence-corrected chi connectivity index (χ0v) is 14.4. The lowest BCUT2D eigenvalue weighted by atomic mass is 10.2. The van der Waals surface area contributed by atoms with Gasteiger partial charge in [-0.3, -0.25) is 9.59 Å². The van der Waals surface area contributed by atoms with Crippen molar-refractivity contribution in [3.05, 3.63) is 47.2 Å². The molecule has 6 nitrogen and oxygen atoms in total. The number of carbonyl (C=O) groups excluding carboxylic acids is 2. The highest BCUT2D eigenvalue weighted by molar-refractivity contribution is 6.31. The van der Waals surface area contributed by atoms with Crippen LogP contribution < -0.4 is 20.7 Å². The van der Waals surface area contributed by atoms with Gasteiger partial charge in [0.25, 0.3) is 0 Å². The highest BCUT2D eigenvalue weighted by atomic mass is 35.5. The Balaban J connectivity index is 2.03. The number of carbonyl (C=O) groups is 2. The fraction of sp³-hybridized carbons (Fsp3) is 0.176. The second-order valence-electron chi connectivity index (χ2n) is 5.12. The molecule has 0 heterocycles. The van der Waals surface area contributed by atoms with Gasteiger partial charge in [0.05, 0.1) is 25.0 Å². The molecule has 8 heteroatoms. The van der Waals surface area contributed by atoms with E-state index in [2.05, 4.69) is 16.0 Å². The molecule has 0 unspecified atom stereocenters. The Morgan fingerprint density at radius 3 is 2.56 bits per heavy atom. The van der Waals surface area contributed by atoms with Crippen molar-refractivity contribution in [1.29, 1.82) is 0 Å². The number of hydrogen-bond acceptors (Lipinski definition) is 4. The number of hydrogen-bond donors (Lipinski definition) is 3. The summed E-state index contributed by atoms with van der Waals surface area (Å²) in [4.78, 5) is 23.1. The minimum absolute atomic E-state index is 0.0967. The van der Waals surface area contributed by atoms with Crippen molar-refractivity contribution in [2.45, 2.75) is 6.92 Å². The molecule has 0 fully saturated rings. The van der Waals surface area contributed by atoms with Crippen molar-refractivity contribution >= 4 is 40.5 Å². The highest BCUT2D eigenvalue weighted by Crippen LogP contribution is 2.27. The second kappa shape index (κ2) is 8.34. The van der Waals surface area contributed by atoms with Crippen molar-refractivity contribution < 1.29 is 18.7 Å². The molecule has 0 atom stereocenters. The molecule has 0 saturated heterocycles. The van der Waals surface area contributed by atoms with Crippen molar-refractivity contribution in [3.63, 3.8) is 0 Å². The smallest absolute Gasteiger partial charge is 0.243 e. The topological polar surface area (TPSA) is 79.5 Å². The Morgan fingerprint density at radius 1 is 1.12 bits per heavy atom. The first-order valence-electron chi connectivity index (χ1n) is 7.33. The number of nitrogens with one attached hydrogen (secondary N) is 3. The zero-order valence-electron chi connectivity index (χ0n) is 13.7. The number of benzene rings is 2. The summed E-state index contributed by atoms with van der Waals surface area (Å²) in [6, 6.07) is 8.85. The summed E-state index contributed by atoms with van der Waals surface area (Å²) in [6.45, 7) is 1.17. The molecule has 0 aliphatic rings. The minimum Gasteiger partial charge on any atom is -0.495 e. The van der Waals surface area contributed by atoms with Crippen LogP contribution in [-0.4, -0.2) is 25.5 Å². The molecule has 0 aliphatic carbocycles. The lowest BCUT2D eigenvalue weighted by Gasteiger charge is -2.12. The van der Waals surface area contributed by atoms with Crippen LogP contribution in [0.1, 0.15) is 6.92 Å². The molecule has 25 heavy (non-hydrogen) atoms. The van der Waals surface area contributed by atoms with E-state index in [4.69, 9.17) is 16.3 Å². The number of rotatable bonds is 6. The zero-order chi connectivity index (χ0) is 18.4. The van der Waals surface area contributed by atoms with Gasteiger partial charge in [-0.1, -0.05) is 11.6 Å². The first-order chi connectivity index (χ1) is 11.9. The standard InChI is InChI=1S/C17H17ClFN3O3/c1-10(23)21-12-4-5-13(19)14(8-12)20-9-17(24)22-15-7-11(18)3-6-16(15)25-2/h3-8,20H,9H2,1-2H3,(H,21,23)(H,22,24). The Kier molecular flexibility index (Phi) is 6.19. The predicted molar refractivity (Wildman–Crippen MR) is 95.8 cm³/mol. The van der Waals surface area contributed by atoms with Gasteiger partial charge in [0, 0.05) is 17.6 Å². The summed E-state index contributed by atoms with van der Waals surface area (Å²) >= 11 is 5.90. The molecule has 0 aromatic heterocycles. The van der Waals surface area contributed by atoms with E-state index >= 15 is 0 Å². The van der Waals surface area contributed by atoms with Crippen molar-refractivity contribution in [2.75, 3.05) is 29.6 Å². The maximum atomic E-state index is 13.8. The molecule has 0 bridgehead atoms. The van der Waals surface area contributed by atoms with E-state index in [1.807, 2.05) is 0 Å². The summed E-state index contributed by atoms with van der Waals surface area (Å²) in [6.07, 6.45) is 0. The molecule has 0 aliphatic heterocycles. The molecule has 2 rings (SSSR count). The quantitative estimate of drug-likeness (QED) is 0.732. The molecule has 2 aromatic rings. The van der Waals surface area contributed by atoms with Gasteiger partial charge in [-0.05, 0) is 36.4 Å². The summed E-state index contributed by atoms with van der Waals surface area (Å²) in [5.41, 5.74) is 0.932. The van der Waals surface area contributed by atoms with Crippen LogP contribution in [0, 0.1) is 5.82 Å². The third kappa shape index (κ3) is 5.36. The normalized spacial score (nSPS) is 10.1. The monoisotopic (exact) mass is 365 g/mol. The van der Waals surface area contributed by atoms with Crippen LogP contribution in [-0.2, 0) is 9.59 Å². The number of halogens is 2. The van der Waals surface area contributed by atoms with Crippen LogP contribution in [0.2, 0.25) is 5.02 Å². The number of amides is 2. The van der Waals surface area contributed by atoms with Crippen LogP contribution in [0.3, 0.4) is 0 Å². The van der Waals surface area contributed by atoms with E-state index in [9.17, 15) is 14.0 Å². The Morgan fingerprint density at radius 2 is 1.88 bits per heavy atom. The van der Waals surface area contributed by atoms with Gasteiger partial charge in [0.15, 0.2) is 0 Å². The van der Waals surface area contributed by atoms with Crippen molar-refractivity contribution in [1.82, 2.24) is 0 Å². The van der Waals surface area contributed by atoms with Gasteiger partial charge >= 0.3 is 0 Å². The molecule has 2 aromatic carbocycles. The summed E-state index contributed by atoms with van der Waals surface area (Å²) in [5, 5.41) is 8.31. The van der Waals surface area contributed by atoms with Crippen molar-refractivity contribution in [2.24, 2.45) is 0 Å². The lowest BCUT2D eigenvalue weighted by Crippen LogP contribution is -2.22. The van der Waals surface area contributed by atoms with E-state index in [1.54, 1.807) is 18.2 Å². The molecule has 0 saturated carbocycles. The maximum absolute atomic E-state index is 13.8. The molecular weight excluding hydrogens is 349 g/mol. The average Bonchev–Trinajstić information content (AvgIpc) is 2.55. The Bertz CT molecular complexity index is 799. The van der Waals surface area contributed by atoms with Crippen LogP contribution in [0.15, 0.2) is 36.4 Å². The lowest BCUT2D eigenvalue weighted by molar-refractivity contribution is -0.115. The Hall–Kier alpha value is -2.80. The third-order valence-corrected chi connectivity index (χ3v) is 3.40. The summed E-state index contributed by atoms with van der Waals surface area (Å²) in [7, 11) is 1.47. The SMILES string of the molecule is COc1ccc(Cl)cc1NC(=O)CNc1cc(NC(C)=O)ccc1F. The van der Waals surface area contributed by atoms with Gasteiger partial charge in [-0.2, -0.15) is 0 Å². The largest absolute Gasteiger partial charge is 0.495 e. The predicted octanol–water partition coefficient (Wildman–Crippen LogP) is 3.50. The summed E-state index contributed by atoms with van der Waals surface area (Å²) < 4.78 is 19.0. The Labute approximate surface area is 149 Å². The van der Waals surface area contributed by atoms with Crippen LogP contribution in [0.4, 0.5) is 21.5 Å². The van der Waals surface area contributed by atoms with E-state index in [0.717, 1.165) is 0 Å². The molecule has 0 radical (unpaired) electrons. The molecule has 2 amide bonds. The highest BCUT2D eigenvalue weighted by Gasteiger charge is 2.10. The maximum Gasteiger partial charge on any atom is 0.243 e. The van der Waals surface area contributed by atoms with E-state index in [-0.39, 0.29) is 18.1 Å². The van der Waals surface area contributed by atoms with Gasteiger partial charge in [-0.25, -0.2) is 4.39 Å². The fourth-order valence-electron chi connectivity index (χ4n) is 2.09.